The molecular weight excluding hydrogens is 339 g/mol. The molecule has 1 aromatic carbocycles. The number of anilines is 1. The zero-order chi connectivity index (χ0) is 18.6. The smallest absolute Gasteiger partial charge is 0.149 e. The van der Waals surface area contributed by atoms with E-state index >= 15 is 0 Å². The molecule has 146 valence electrons. The summed E-state index contributed by atoms with van der Waals surface area (Å²) in [5.41, 5.74) is 2.21. The third-order valence-electron chi connectivity index (χ3n) is 7.50. The quantitative estimate of drug-likeness (QED) is 0.748. The molecule has 3 atom stereocenters. The highest BCUT2D eigenvalue weighted by Crippen LogP contribution is 2.48. The van der Waals surface area contributed by atoms with Crippen molar-refractivity contribution in [1.29, 1.82) is 0 Å². The number of rotatable bonds is 4. The van der Waals surface area contributed by atoms with Crippen molar-refractivity contribution in [1.82, 2.24) is 4.90 Å². The van der Waals surface area contributed by atoms with Crippen LogP contribution in [0.25, 0.3) is 0 Å². The number of fused-ring (bicyclic) bond motifs is 4. The van der Waals surface area contributed by atoms with E-state index in [0.717, 1.165) is 61.5 Å². The first-order chi connectivity index (χ1) is 13.0. The normalized spacial score (nSPS) is 31.0. The number of hydrogen-bond acceptors (Lipinski definition) is 3. The van der Waals surface area contributed by atoms with Gasteiger partial charge in [-0.05, 0) is 87.2 Å². The van der Waals surface area contributed by atoms with Crippen LogP contribution in [0.4, 0.5) is 10.1 Å². The second kappa shape index (κ2) is 6.44. The van der Waals surface area contributed by atoms with E-state index in [1.54, 1.807) is 13.0 Å². The maximum absolute atomic E-state index is 14.0. The largest absolute Gasteiger partial charge is 0.363 e. The second-order valence-electron chi connectivity index (χ2n) is 9.34. The first-order valence-corrected chi connectivity index (χ1v) is 10.5. The Morgan fingerprint density at radius 3 is 2.74 bits per heavy atom. The van der Waals surface area contributed by atoms with E-state index < -0.39 is 0 Å². The van der Waals surface area contributed by atoms with E-state index in [1.807, 2.05) is 6.07 Å². The summed E-state index contributed by atoms with van der Waals surface area (Å²) in [7, 11) is 0. The van der Waals surface area contributed by atoms with Gasteiger partial charge in [-0.15, -0.1) is 0 Å². The van der Waals surface area contributed by atoms with Crippen LogP contribution in [0.15, 0.2) is 30.4 Å². The molecule has 3 nitrogen and oxygen atoms in total. The molecule has 4 aliphatic rings. The molecule has 0 amide bonds. The summed E-state index contributed by atoms with van der Waals surface area (Å²) in [6, 6.07) is 5.13. The molecule has 2 heterocycles. The lowest BCUT2D eigenvalue weighted by atomic mass is 9.74. The number of ketones is 1. The van der Waals surface area contributed by atoms with Crippen molar-refractivity contribution in [2.24, 2.45) is 17.8 Å². The molecule has 0 unspecified atom stereocenters. The lowest BCUT2D eigenvalue weighted by Gasteiger charge is -2.41. The predicted molar refractivity (Wildman–Crippen MR) is 108 cm³/mol. The monoisotopic (exact) mass is 370 g/mol. The second-order valence-corrected chi connectivity index (χ2v) is 9.34. The summed E-state index contributed by atoms with van der Waals surface area (Å²) < 4.78 is 14.0. The number of carbonyl (C=O) groups excluding carboxylic acids is 1. The zero-order valence-electron chi connectivity index (χ0n) is 16.2. The van der Waals surface area contributed by atoms with Crippen LogP contribution in [0.5, 0.6) is 0 Å². The number of allylic oxidation sites excluding steroid dienone is 2. The lowest BCUT2D eigenvalue weighted by molar-refractivity contribution is -0.115. The van der Waals surface area contributed by atoms with Gasteiger partial charge in [0, 0.05) is 25.6 Å². The average Bonchev–Trinajstić information content (AvgIpc) is 3.31. The predicted octanol–water partition coefficient (Wildman–Crippen LogP) is 4.03. The number of Topliss-reactive ketones (excluding diaryl/α,β-unsaturated/α-hetero) is 1. The Balaban J connectivity index is 0.00000192. The molecule has 1 saturated carbocycles. The Hall–Kier alpha value is -1.68. The third kappa shape index (κ3) is 3.02. The molecule has 2 bridgehead atoms. The van der Waals surface area contributed by atoms with Gasteiger partial charge in [-0.2, -0.15) is 0 Å². The molecule has 5 rings (SSSR count). The van der Waals surface area contributed by atoms with E-state index in [0.29, 0.717) is 6.54 Å². The van der Waals surface area contributed by atoms with E-state index in [-0.39, 0.29) is 18.4 Å². The highest BCUT2D eigenvalue weighted by atomic mass is 19.1. The van der Waals surface area contributed by atoms with Gasteiger partial charge < -0.3 is 9.80 Å². The van der Waals surface area contributed by atoms with E-state index in [1.165, 1.54) is 25.5 Å². The van der Waals surface area contributed by atoms with Crippen LogP contribution in [-0.4, -0.2) is 43.4 Å². The van der Waals surface area contributed by atoms with Crippen molar-refractivity contribution in [2.45, 2.75) is 38.0 Å². The van der Waals surface area contributed by atoms with Gasteiger partial charge in [0.25, 0.3) is 0 Å². The van der Waals surface area contributed by atoms with Crippen molar-refractivity contribution in [3.8, 4) is 0 Å². The van der Waals surface area contributed by atoms with Crippen LogP contribution in [0.1, 0.15) is 39.6 Å². The summed E-state index contributed by atoms with van der Waals surface area (Å²) in [6.45, 7) is 6.32. The fraction of sp³-hybridized carbons (Fsp3) is 0.609. The number of piperidine rings is 1. The summed E-state index contributed by atoms with van der Waals surface area (Å²) in [4.78, 5) is 16.5. The lowest BCUT2D eigenvalue weighted by Crippen LogP contribution is -2.47. The molecule has 0 radical (unpaired) electrons. The summed E-state index contributed by atoms with van der Waals surface area (Å²) in [6.07, 6.45) is 9.72. The Labute approximate surface area is 162 Å². The first-order valence-electron chi connectivity index (χ1n) is 10.5. The van der Waals surface area contributed by atoms with Crippen LogP contribution in [0.3, 0.4) is 0 Å². The van der Waals surface area contributed by atoms with E-state index in [9.17, 15) is 9.18 Å². The van der Waals surface area contributed by atoms with Gasteiger partial charge in [0.15, 0.2) is 0 Å². The average molecular weight is 371 g/mol. The van der Waals surface area contributed by atoms with Crippen LogP contribution >= 0.6 is 0 Å². The van der Waals surface area contributed by atoms with Gasteiger partial charge >= 0.3 is 0 Å². The molecule has 2 aliphatic carbocycles. The van der Waals surface area contributed by atoms with Crippen LogP contribution in [-0.2, 0) is 10.2 Å². The molecule has 4 heteroatoms. The van der Waals surface area contributed by atoms with Gasteiger partial charge in [-0.1, -0.05) is 12.2 Å². The van der Waals surface area contributed by atoms with Gasteiger partial charge in [0.1, 0.15) is 11.6 Å². The number of likely N-dealkylation sites (tertiary alicyclic amines) is 1. The van der Waals surface area contributed by atoms with Crippen molar-refractivity contribution >= 4 is 11.5 Å². The zero-order valence-corrected chi connectivity index (χ0v) is 16.2. The summed E-state index contributed by atoms with van der Waals surface area (Å²) in [5.74, 6) is 2.48. The van der Waals surface area contributed by atoms with E-state index in [4.69, 9.17) is 0 Å². The van der Waals surface area contributed by atoms with Crippen molar-refractivity contribution in [3.05, 3.63) is 41.7 Å². The van der Waals surface area contributed by atoms with Crippen LogP contribution in [0, 0.1) is 23.6 Å². The molecule has 1 aromatic rings. The van der Waals surface area contributed by atoms with Crippen LogP contribution < -0.4 is 4.90 Å². The molecule has 27 heavy (non-hydrogen) atoms. The van der Waals surface area contributed by atoms with Crippen molar-refractivity contribution in [3.63, 3.8) is 0 Å². The minimum atomic E-state index is -0.158. The molecule has 2 fully saturated rings. The Bertz CT molecular complexity index is 787. The molecule has 0 N–H and O–H groups in total. The maximum Gasteiger partial charge on any atom is 0.149 e. The number of hydrogen-bond donors (Lipinski definition) is 0. The number of halogens is 1. The number of carbonyl (C=O) groups is 1. The summed E-state index contributed by atoms with van der Waals surface area (Å²) >= 11 is 0. The molecule has 1 saturated heterocycles. The highest BCUT2D eigenvalue weighted by molar-refractivity contribution is 5.82. The van der Waals surface area contributed by atoms with E-state index in [2.05, 4.69) is 22.0 Å². The van der Waals surface area contributed by atoms with Gasteiger partial charge in [0.05, 0.1) is 6.54 Å². The minimum Gasteiger partial charge on any atom is -0.363 e. The Kier molecular flexibility index (Phi) is 4.15. The molecule has 0 aromatic heterocycles. The standard InChI is InChI=1S/C23H29FN2O.H2/c1-16(27)13-26-15-23(21-12-20(24)4-5-22(21)26)6-8-25(9-7-23)14-19-11-17-2-3-18(19)10-17;/h2-5,12,17-19H,6-11,13-15H2,1H3;1H/t17-,18-,19-;/m0./s1. The number of benzene rings is 1. The van der Waals surface area contributed by atoms with Gasteiger partial charge in [0.2, 0.25) is 0 Å². The first kappa shape index (κ1) is 17.4. The maximum atomic E-state index is 14.0. The Morgan fingerprint density at radius 2 is 2.07 bits per heavy atom. The molecular formula is C23H31FN2O. The Morgan fingerprint density at radius 1 is 1.26 bits per heavy atom. The summed E-state index contributed by atoms with van der Waals surface area (Å²) in [5, 5.41) is 0. The fourth-order valence-electron chi connectivity index (χ4n) is 6.18. The molecule has 1 spiro atoms. The number of nitrogens with zero attached hydrogens (tertiary/aromatic N) is 2. The topological polar surface area (TPSA) is 23.6 Å². The SMILES string of the molecule is CC(=O)CN1CC2(CCN(C[C@@H]3C[C@H]4C=C[C@H]3C4)CC2)c2cc(F)ccc21.[HH]. The fourth-order valence-corrected chi connectivity index (χ4v) is 6.18. The third-order valence-corrected chi connectivity index (χ3v) is 7.50. The van der Waals surface area contributed by atoms with Crippen LogP contribution in [0.2, 0.25) is 0 Å². The molecule has 2 aliphatic heterocycles. The highest BCUT2D eigenvalue weighted by Gasteiger charge is 2.45. The minimum absolute atomic E-state index is 0. The van der Waals surface area contributed by atoms with Crippen molar-refractivity contribution in [2.75, 3.05) is 37.6 Å². The van der Waals surface area contributed by atoms with Crippen molar-refractivity contribution < 1.29 is 10.6 Å². The van der Waals surface area contributed by atoms with Gasteiger partial charge in [-0.25, -0.2) is 4.39 Å². The van der Waals surface area contributed by atoms with Gasteiger partial charge in [-0.3, -0.25) is 4.79 Å².